The number of ether oxygens (including phenoxy) is 2. The maximum atomic E-state index is 13.5. The standard InChI is InChI=1S/C32H32BF4NO5/c1-30(2)31(3,4)43-33(42-30)21(16-20-10-9-11-22(17-20)41-32(36,37)28(34)35)18-38-29(39)40-19-27-25-14-7-5-12-23(25)24-13-6-8-15-26(24)27/h5-17,27-28H,18-19H2,1-4H3,(H,38,39). The van der Waals surface area contributed by atoms with Crippen molar-refractivity contribution in [3.63, 3.8) is 0 Å². The molecule has 0 unspecified atom stereocenters. The number of hydrogen-bond donors (Lipinski definition) is 1. The highest BCUT2D eigenvalue weighted by atomic mass is 19.3. The molecule has 1 aliphatic carbocycles. The van der Waals surface area contributed by atoms with Crippen molar-refractivity contribution in [2.24, 2.45) is 0 Å². The minimum absolute atomic E-state index is 0.0637. The Kier molecular flexibility index (Phi) is 8.33. The van der Waals surface area contributed by atoms with Crippen LogP contribution >= 0.6 is 0 Å². The van der Waals surface area contributed by atoms with Gasteiger partial charge in [-0.05, 0) is 73.1 Å². The molecule has 2 aliphatic rings. The van der Waals surface area contributed by atoms with Crippen molar-refractivity contribution in [3.05, 3.63) is 95.0 Å². The van der Waals surface area contributed by atoms with E-state index in [1.807, 2.05) is 76.2 Å². The topological polar surface area (TPSA) is 66.0 Å². The fraction of sp³-hybridized carbons (Fsp3) is 0.344. The molecule has 0 saturated carbocycles. The molecule has 1 saturated heterocycles. The van der Waals surface area contributed by atoms with Crippen LogP contribution in [0.3, 0.4) is 0 Å². The molecule has 3 aromatic carbocycles. The van der Waals surface area contributed by atoms with E-state index in [4.69, 9.17) is 14.0 Å². The van der Waals surface area contributed by atoms with Gasteiger partial charge in [-0.3, -0.25) is 0 Å². The van der Waals surface area contributed by atoms with Crippen molar-refractivity contribution in [2.45, 2.75) is 57.3 Å². The summed E-state index contributed by atoms with van der Waals surface area (Å²) < 4.78 is 74.6. The van der Waals surface area contributed by atoms with Gasteiger partial charge in [0, 0.05) is 12.5 Å². The first kappa shape index (κ1) is 30.6. The normalized spacial score (nSPS) is 17.5. The third-order valence-electron chi connectivity index (χ3n) is 8.05. The van der Waals surface area contributed by atoms with Gasteiger partial charge in [-0.15, -0.1) is 0 Å². The summed E-state index contributed by atoms with van der Waals surface area (Å²) in [7, 11) is -0.897. The number of benzene rings is 3. The second-order valence-electron chi connectivity index (χ2n) is 11.5. The molecule has 1 amide bonds. The molecule has 3 aromatic rings. The van der Waals surface area contributed by atoms with Crippen LogP contribution in [-0.2, 0) is 14.0 Å². The average molecular weight is 597 g/mol. The summed E-state index contributed by atoms with van der Waals surface area (Å²) in [4.78, 5) is 12.9. The Morgan fingerprint density at radius 1 is 0.953 bits per heavy atom. The van der Waals surface area contributed by atoms with Gasteiger partial charge in [0.1, 0.15) is 12.4 Å². The van der Waals surface area contributed by atoms with Crippen LogP contribution in [-0.4, -0.2) is 50.1 Å². The number of hydrogen-bond acceptors (Lipinski definition) is 5. The first-order valence-electron chi connectivity index (χ1n) is 13.9. The third-order valence-corrected chi connectivity index (χ3v) is 8.05. The Balaban J connectivity index is 1.32. The summed E-state index contributed by atoms with van der Waals surface area (Å²) in [5, 5.41) is 2.73. The van der Waals surface area contributed by atoms with Crippen LogP contribution in [0.4, 0.5) is 22.4 Å². The minimum atomic E-state index is -4.65. The molecule has 1 aliphatic heterocycles. The highest BCUT2D eigenvalue weighted by molar-refractivity contribution is 6.56. The quantitative estimate of drug-likeness (QED) is 0.205. The van der Waals surface area contributed by atoms with Crippen LogP contribution in [0.2, 0.25) is 0 Å². The number of rotatable bonds is 9. The van der Waals surface area contributed by atoms with E-state index in [-0.39, 0.29) is 19.1 Å². The van der Waals surface area contributed by atoms with Crippen molar-refractivity contribution in [2.75, 3.05) is 13.2 Å². The van der Waals surface area contributed by atoms with Crippen molar-refractivity contribution in [1.82, 2.24) is 5.32 Å². The SMILES string of the molecule is CC1(C)OB(C(=Cc2cccc(OC(F)(F)C(F)F)c2)CNC(=O)OCC2c3ccccc3-c3ccccc32)OC1(C)C. The lowest BCUT2D eigenvalue weighted by atomic mass is 9.77. The van der Waals surface area contributed by atoms with Crippen LogP contribution in [0.15, 0.2) is 78.3 Å². The van der Waals surface area contributed by atoms with Gasteiger partial charge in [0.2, 0.25) is 0 Å². The molecule has 0 spiro atoms. The van der Waals surface area contributed by atoms with E-state index in [1.165, 1.54) is 12.1 Å². The number of fused-ring (bicyclic) bond motifs is 3. The Morgan fingerprint density at radius 3 is 2.12 bits per heavy atom. The minimum Gasteiger partial charge on any atom is -0.449 e. The smallest absolute Gasteiger partial charge is 0.449 e. The number of alkyl carbamates (subject to hydrolysis) is 1. The molecule has 11 heteroatoms. The Labute approximate surface area is 248 Å². The van der Waals surface area contributed by atoms with Crippen LogP contribution in [0.5, 0.6) is 5.75 Å². The van der Waals surface area contributed by atoms with Crippen molar-refractivity contribution in [3.8, 4) is 16.9 Å². The van der Waals surface area contributed by atoms with Gasteiger partial charge in [-0.25, -0.2) is 4.79 Å². The van der Waals surface area contributed by atoms with Gasteiger partial charge in [0.15, 0.2) is 0 Å². The van der Waals surface area contributed by atoms with Gasteiger partial charge < -0.3 is 24.1 Å². The number of amides is 1. The van der Waals surface area contributed by atoms with E-state index in [0.29, 0.717) is 11.0 Å². The predicted molar refractivity (Wildman–Crippen MR) is 155 cm³/mol. The molecule has 1 N–H and O–H groups in total. The highest BCUT2D eigenvalue weighted by Crippen LogP contribution is 2.44. The second kappa shape index (κ2) is 11.7. The molecule has 0 bridgehead atoms. The zero-order valence-electron chi connectivity index (χ0n) is 24.2. The molecule has 0 radical (unpaired) electrons. The fourth-order valence-corrected chi connectivity index (χ4v) is 5.10. The molecule has 0 aromatic heterocycles. The van der Waals surface area contributed by atoms with E-state index in [9.17, 15) is 22.4 Å². The second-order valence-corrected chi connectivity index (χ2v) is 11.5. The highest BCUT2D eigenvalue weighted by Gasteiger charge is 2.52. The Hall–Kier alpha value is -3.83. The predicted octanol–water partition coefficient (Wildman–Crippen LogP) is 7.48. The molecule has 5 rings (SSSR count). The number of halogens is 4. The molecule has 6 nitrogen and oxygen atoms in total. The zero-order valence-corrected chi connectivity index (χ0v) is 24.2. The molecule has 226 valence electrons. The van der Waals surface area contributed by atoms with Gasteiger partial charge in [-0.1, -0.05) is 66.7 Å². The van der Waals surface area contributed by atoms with E-state index < -0.39 is 42.7 Å². The fourth-order valence-electron chi connectivity index (χ4n) is 5.10. The zero-order chi connectivity index (χ0) is 31.0. The molecule has 1 heterocycles. The van der Waals surface area contributed by atoms with E-state index in [0.717, 1.165) is 28.3 Å². The molecular weight excluding hydrogens is 565 g/mol. The number of carbonyl (C=O) groups excluding carboxylic acids is 1. The summed E-state index contributed by atoms with van der Waals surface area (Å²) >= 11 is 0. The number of carbonyl (C=O) groups is 1. The Bertz CT molecular complexity index is 1470. The summed E-state index contributed by atoms with van der Waals surface area (Å²) in [6.07, 6.45) is -7.74. The lowest BCUT2D eigenvalue weighted by molar-refractivity contribution is -0.253. The van der Waals surface area contributed by atoms with Crippen LogP contribution in [0.25, 0.3) is 17.2 Å². The summed E-state index contributed by atoms with van der Waals surface area (Å²) in [6, 6.07) is 21.3. The first-order chi connectivity index (χ1) is 20.3. The number of nitrogens with one attached hydrogen (secondary N) is 1. The molecule has 0 atom stereocenters. The van der Waals surface area contributed by atoms with Crippen LogP contribution in [0.1, 0.15) is 50.3 Å². The summed E-state index contributed by atoms with van der Waals surface area (Å²) in [5.74, 6) is -0.567. The first-order valence-corrected chi connectivity index (χ1v) is 13.9. The lowest BCUT2D eigenvalue weighted by Crippen LogP contribution is -2.41. The molecule has 43 heavy (non-hydrogen) atoms. The lowest BCUT2D eigenvalue weighted by Gasteiger charge is -2.32. The maximum Gasteiger partial charge on any atom is 0.492 e. The van der Waals surface area contributed by atoms with Crippen LogP contribution < -0.4 is 10.1 Å². The number of alkyl halides is 4. The van der Waals surface area contributed by atoms with Crippen molar-refractivity contribution in [1.29, 1.82) is 0 Å². The van der Waals surface area contributed by atoms with Crippen LogP contribution in [0, 0.1) is 0 Å². The van der Waals surface area contributed by atoms with Gasteiger partial charge in [0.05, 0.1) is 11.2 Å². The Morgan fingerprint density at radius 2 is 1.53 bits per heavy atom. The average Bonchev–Trinajstić information content (AvgIpc) is 3.38. The largest absolute Gasteiger partial charge is 0.492 e. The molecule has 1 fully saturated rings. The maximum absolute atomic E-state index is 13.5. The van der Waals surface area contributed by atoms with Gasteiger partial charge in [0.25, 0.3) is 0 Å². The van der Waals surface area contributed by atoms with Crippen molar-refractivity contribution < 1.29 is 41.1 Å². The molecular formula is C32H32BF4NO5. The summed E-state index contributed by atoms with van der Waals surface area (Å²) in [5.41, 5.74) is 3.76. The van der Waals surface area contributed by atoms with E-state index in [1.54, 1.807) is 12.1 Å². The van der Waals surface area contributed by atoms with Gasteiger partial charge >= 0.3 is 25.7 Å². The summed E-state index contributed by atoms with van der Waals surface area (Å²) in [6.45, 7) is 7.52. The van der Waals surface area contributed by atoms with E-state index >= 15 is 0 Å². The monoisotopic (exact) mass is 597 g/mol. The third kappa shape index (κ3) is 6.43. The van der Waals surface area contributed by atoms with Crippen molar-refractivity contribution >= 4 is 19.3 Å². The van der Waals surface area contributed by atoms with Gasteiger partial charge in [-0.2, -0.15) is 17.6 Å². The van der Waals surface area contributed by atoms with E-state index in [2.05, 4.69) is 10.1 Å².